The summed E-state index contributed by atoms with van der Waals surface area (Å²) in [4.78, 5) is 9.09. The summed E-state index contributed by atoms with van der Waals surface area (Å²) < 4.78 is 49.4. The Bertz CT molecular complexity index is 440. The third-order valence-corrected chi connectivity index (χ3v) is 1.70. The Labute approximate surface area is 87.2 Å². The molecule has 1 rings (SSSR count). The third kappa shape index (κ3) is 3.04. The molecule has 0 aliphatic rings. The Kier molecular flexibility index (Phi) is 3.26. The number of nitrogens with zero attached hydrogens (tertiary/aromatic N) is 1. The zero-order chi connectivity index (χ0) is 12.3. The summed E-state index contributed by atoms with van der Waals surface area (Å²) in [6.07, 6.45) is -3.40. The summed E-state index contributed by atoms with van der Waals surface area (Å²) in [5.74, 6) is -1.16. The van der Waals surface area contributed by atoms with E-state index in [-0.39, 0.29) is 5.56 Å². The lowest BCUT2D eigenvalue weighted by molar-refractivity contribution is -0.400. The van der Waals surface area contributed by atoms with Gasteiger partial charge in [-0.3, -0.25) is 10.1 Å². The van der Waals surface area contributed by atoms with Gasteiger partial charge in [0.2, 0.25) is 6.20 Å². The van der Waals surface area contributed by atoms with Crippen molar-refractivity contribution < 1.29 is 22.5 Å². The summed E-state index contributed by atoms with van der Waals surface area (Å²) in [5, 5.41) is 9.93. The van der Waals surface area contributed by atoms with Crippen molar-refractivity contribution in [3.05, 3.63) is 51.5 Å². The zero-order valence-corrected chi connectivity index (χ0v) is 7.66. The van der Waals surface area contributed by atoms with Gasteiger partial charge in [0.15, 0.2) is 0 Å². The van der Waals surface area contributed by atoms with Crippen LogP contribution in [-0.2, 0) is 6.18 Å². The maximum absolute atomic E-state index is 13.1. The van der Waals surface area contributed by atoms with Gasteiger partial charge in [-0.2, -0.15) is 13.2 Å². The molecule has 0 N–H and O–H groups in total. The molecule has 0 aliphatic carbocycles. The van der Waals surface area contributed by atoms with Crippen LogP contribution in [-0.4, -0.2) is 4.92 Å². The van der Waals surface area contributed by atoms with Crippen LogP contribution in [0.3, 0.4) is 0 Å². The van der Waals surface area contributed by atoms with Crippen molar-refractivity contribution >= 4 is 6.08 Å². The number of alkyl halides is 3. The number of benzene rings is 1. The van der Waals surface area contributed by atoms with Gasteiger partial charge in [0, 0.05) is 11.6 Å². The van der Waals surface area contributed by atoms with E-state index in [1.54, 1.807) is 0 Å². The van der Waals surface area contributed by atoms with Crippen LogP contribution in [0.5, 0.6) is 0 Å². The molecule has 0 spiro atoms. The number of nitro groups is 1. The standard InChI is InChI=1S/C9H5F4NO2/c10-8-5-7(9(11,12)13)2-1-6(8)3-4-14(15)16/h1-5H/b4-3+. The molecule has 0 saturated carbocycles. The third-order valence-electron chi connectivity index (χ3n) is 1.70. The van der Waals surface area contributed by atoms with Crippen molar-refractivity contribution in [3.8, 4) is 0 Å². The van der Waals surface area contributed by atoms with Crippen LogP contribution >= 0.6 is 0 Å². The lowest BCUT2D eigenvalue weighted by Crippen LogP contribution is -2.05. The van der Waals surface area contributed by atoms with Crippen LogP contribution in [0.4, 0.5) is 17.6 Å². The molecular weight excluding hydrogens is 230 g/mol. The largest absolute Gasteiger partial charge is 0.416 e. The highest BCUT2D eigenvalue weighted by molar-refractivity contribution is 5.49. The Morgan fingerprint density at radius 2 is 1.94 bits per heavy atom. The first-order valence-corrected chi connectivity index (χ1v) is 3.99. The topological polar surface area (TPSA) is 43.1 Å². The second kappa shape index (κ2) is 4.30. The fourth-order valence-electron chi connectivity index (χ4n) is 0.980. The minimum absolute atomic E-state index is 0.273. The van der Waals surface area contributed by atoms with Gasteiger partial charge in [-0.15, -0.1) is 0 Å². The fraction of sp³-hybridized carbons (Fsp3) is 0.111. The lowest BCUT2D eigenvalue weighted by atomic mass is 10.1. The Morgan fingerprint density at radius 3 is 2.38 bits per heavy atom. The summed E-state index contributed by atoms with van der Waals surface area (Å²) in [6, 6.07) is 1.78. The van der Waals surface area contributed by atoms with Crippen LogP contribution < -0.4 is 0 Å². The lowest BCUT2D eigenvalue weighted by Gasteiger charge is -2.06. The van der Waals surface area contributed by atoms with Gasteiger partial charge in [-0.25, -0.2) is 4.39 Å². The summed E-state index contributed by atoms with van der Waals surface area (Å²) in [6.45, 7) is 0. The molecule has 0 amide bonds. The van der Waals surface area contributed by atoms with Crippen molar-refractivity contribution in [1.29, 1.82) is 0 Å². The maximum Gasteiger partial charge on any atom is 0.416 e. The van der Waals surface area contributed by atoms with Crippen molar-refractivity contribution in [2.24, 2.45) is 0 Å². The molecule has 0 saturated heterocycles. The minimum Gasteiger partial charge on any atom is -0.259 e. The molecule has 0 fully saturated rings. The van der Waals surface area contributed by atoms with Crippen molar-refractivity contribution in [2.75, 3.05) is 0 Å². The van der Waals surface area contributed by atoms with Crippen LogP contribution in [0.2, 0.25) is 0 Å². The Balaban J connectivity index is 3.05. The van der Waals surface area contributed by atoms with Crippen molar-refractivity contribution in [3.63, 3.8) is 0 Å². The second-order valence-electron chi connectivity index (χ2n) is 2.84. The van der Waals surface area contributed by atoms with Crippen LogP contribution in [0, 0.1) is 15.9 Å². The van der Waals surface area contributed by atoms with E-state index < -0.39 is 22.5 Å². The number of hydrogen-bond donors (Lipinski definition) is 0. The fourth-order valence-corrected chi connectivity index (χ4v) is 0.980. The van der Waals surface area contributed by atoms with E-state index in [4.69, 9.17) is 0 Å². The molecule has 1 aromatic carbocycles. The molecule has 1 aromatic rings. The number of hydrogen-bond acceptors (Lipinski definition) is 2. The van der Waals surface area contributed by atoms with Crippen LogP contribution in [0.1, 0.15) is 11.1 Å². The Morgan fingerprint density at radius 1 is 1.31 bits per heavy atom. The monoisotopic (exact) mass is 235 g/mol. The van der Waals surface area contributed by atoms with Gasteiger partial charge < -0.3 is 0 Å². The quantitative estimate of drug-likeness (QED) is 0.449. The summed E-state index contributed by atoms with van der Waals surface area (Å²) in [5.41, 5.74) is -1.41. The van der Waals surface area contributed by atoms with E-state index in [0.717, 1.165) is 12.1 Å². The van der Waals surface area contributed by atoms with Gasteiger partial charge >= 0.3 is 6.18 Å². The predicted molar refractivity (Wildman–Crippen MR) is 47.4 cm³/mol. The van der Waals surface area contributed by atoms with Crippen LogP contribution in [0.15, 0.2) is 24.4 Å². The van der Waals surface area contributed by atoms with Gasteiger partial charge in [0.05, 0.1) is 10.5 Å². The molecule has 0 aromatic heterocycles. The highest BCUT2D eigenvalue weighted by Gasteiger charge is 2.30. The molecule has 0 heterocycles. The maximum atomic E-state index is 13.1. The predicted octanol–water partition coefficient (Wildman–Crippen LogP) is 3.09. The molecule has 0 atom stereocenters. The normalized spacial score (nSPS) is 12.0. The first kappa shape index (κ1) is 12.2. The molecule has 0 radical (unpaired) electrons. The summed E-state index contributed by atoms with van der Waals surface area (Å²) in [7, 11) is 0. The average molecular weight is 235 g/mol. The smallest absolute Gasteiger partial charge is 0.259 e. The van der Waals surface area contributed by atoms with E-state index in [1.807, 2.05) is 0 Å². The minimum atomic E-state index is -4.63. The first-order valence-electron chi connectivity index (χ1n) is 3.99. The second-order valence-corrected chi connectivity index (χ2v) is 2.84. The molecular formula is C9H5F4NO2. The highest BCUT2D eigenvalue weighted by Crippen LogP contribution is 2.30. The Hall–Kier alpha value is -1.92. The zero-order valence-electron chi connectivity index (χ0n) is 7.66. The van der Waals surface area contributed by atoms with Gasteiger partial charge in [-0.05, 0) is 12.1 Å². The van der Waals surface area contributed by atoms with E-state index in [2.05, 4.69) is 0 Å². The van der Waals surface area contributed by atoms with E-state index >= 15 is 0 Å². The average Bonchev–Trinajstić information content (AvgIpc) is 2.14. The summed E-state index contributed by atoms with van der Waals surface area (Å²) >= 11 is 0. The molecule has 7 heteroatoms. The highest BCUT2D eigenvalue weighted by atomic mass is 19.4. The number of halogens is 4. The van der Waals surface area contributed by atoms with Gasteiger partial charge in [-0.1, -0.05) is 6.07 Å². The number of rotatable bonds is 2. The SMILES string of the molecule is O=[N+]([O-])/C=C/c1ccc(C(F)(F)F)cc1F. The van der Waals surface area contributed by atoms with Gasteiger partial charge in [0.25, 0.3) is 0 Å². The first-order chi connectivity index (χ1) is 7.30. The van der Waals surface area contributed by atoms with Crippen LogP contribution in [0.25, 0.3) is 6.08 Å². The van der Waals surface area contributed by atoms with E-state index in [9.17, 15) is 27.7 Å². The molecule has 3 nitrogen and oxygen atoms in total. The van der Waals surface area contributed by atoms with Crippen molar-refractivity contribution in [2.45, 2.75) is 6.18 Å². The molecule has 86 valence electrons. The molecule has 0 unspecified atom stereocenters. The van der Waals surface area contributed by atoms with E-state index in [1.165, 1.54) is 0 Å². The molecule has 16 heavy (non-hydrogen) atoms. The van der Waals surface area contributed by atoms with E-state index in [0.29, 0.717) is 18.3 Å². The molecule has 0 aliphatic heterocycles. The van der Waals surface area contributed by atoms with Crippen molar-refractivity contribution in [1.82, 2.24) is 0 Å². The van der Waals surface area contributed by atoms with Gasteiger partial charge in [0.1, 0.15) is 5.82 Å². The molecule has 0 bridgehead atoms.